The summed E-state index contributed by atoms with van der Waals surface area (Å²) in [6, 6.07) is 9.77. The number of ether oxygens (including phenoxy) is 3. The first kappa shape index (κ1) is 17.5. The fourth-order valence-electron chi connectivity index (χ4n) is 2.18. The maximum atomic E-state index is 12.2. The number of carbonyl (C=O) groups is 2. The van der Waals surface area contributed by atoms with Gasteiger partial charge in [0.25, 0.3) is 0 Å². The Morgan fingerprint density at radius 1 is 1.17 bits per heavy atom. The Labute approximate surface area is 140 Å². The molecule has 2 aromatic rings. The lowest BCUT2D eigenvalue weighted by Gasteiger charge is -2.16. The van der Waals surface area contributed by atoms with Crippen LogP contribution < -0.4 is 0 Å². The highest BCUT2D eigenvalue weighted by Gasteiger charge is 2.18. The van der Waals surface area contributed by atoms with Gasteiger partial charge in [-0.3, -0.25) is 0 Å². The average Bonchev–Trinajstić information content (AvgIpc) is 3.11. The van der Waals surface area contributed by atoms with E-state index in [4.69, 9.17) is 9.47 Å². The Bertz CT molecular complexity index is 669. The summed E-state index contributed by atoms with van der Waals surface area (Å²) in [6.45, 7) is 2.25. The van der Waals surface area contributed by atoms with E-state index >= 15 is 0 Å². The Balaban J connectivity index is 1.90. The number of imidazole rings is 1. The lowest BCUT2D eigenvalue weighted by atomic mass is 10.1. The van der Waals surface area contributed by atoms with Gasteiger partial charge in [0.2, 0.25) is 0 Å². The van der Waals surface area contributed by atoms with Crippen molar-refractivity contribution in [3.05, 3.63) is 54.1 Å². The molecule has 0 N–H and O–H groups in total. The number of hydrogen-bond acceptors (Lipinski definition) is 6. The molecule has 0 aliphatic rings. The highest BCUT2D eigenvalue weighted by Crippen LogP contribution is 2.19. The first-order chi connectivity index (χ1) is 11.6. The van der Waals surface area contributed by atoms with E-state index in [0.717, 1.165) is 5.56 Å². The molecule has 0 unspecified atom stereocenters. The van der Waals surface area contributed by atoms with Gasteiger partial charge in [-0.25, -0.2) is 14.6 Å². The third-order valence-electron chi connectivity index (χ3n) is 3.48. The molecule has 0 radical (unpaired) electrons. The van der Waals surface area contributed by atoms with Crippen LogP contribution in [0, 0.1) is 0 Å². The van der Waals surface area contributed by atoms with Crippen LogP contribution in [0.25, 0.3) is 0 Å². The van der Waals surface area contributed by atoms with Gasteiger partial charge in [-0.15, -0.1) is 0 Å². The van der Waals surface area contributed by atoms with Crippen LogP contribution in [-0.2, 0) is 14.2 Å². The third kappa shape index (κ3) is 4.58. The second-order valence-corrected chi connectivity index (χ2v) is 5.06. The van der Waals surface area contributed by atoms with E-state index in [1.165, 1.54) is 13.3 Å². The van der Waals surface area contributed by atoms with Crippen molar-refractivity contribution < 1.29 is 23.8 Å². The molecule has 0 fully saturated rings. The number of aromatic nitrogens is 2. The van der Waals surface area contributed by atoms with Gasteiger partial charge >= 0.3 is 12.1 Å². The zero-order chi connectivity index (χ0) is 17.4. The number of methoxy groups -OCH3 is 1. The highest BCUT2D eigenvalue weighted by molar-refractivity contribution is 5.87. The zero-order valence-electron chi connectivity index (χ0n) is 13.7. The average molecular weight is 332 g/mol. The molecular formula is C17H20N2O5. The number of carbonyl (C=O) groups excluding carboxylic acids is 2. The van der Waals surface area contributed by atoms with E-state index in [1.54, 1.807) is 10.9 Å². The molecule has 1 heterocycles. The van der Waals surface area contributed by atoms with Crippen LogP contribution in [0.3, 0.4) is 0 Å². The SMILES string of the molecule is COC(=O)OCCCOC(=O)c1cncn1[C@H](C)c1ccccc1. The van der Waals surface area contributed by atoms with Gasteiger partial charge in [-0.1, -0.05) is 30.3 Å². The minimum Gasteiger partial charge on any atom is -0.461 e. The Hall–Kier alpha value is -2.83. The van der Waals surface area contributed by atoms with Crippen LogP contribution >= 0.6 is 0 Å². The van der Waals surface area contributed by atoms with E-state index in [9.17, 15) is 9.59 Å². The molecule has 1 atom stereocenters. The number of hydrogen-bond donors (Lipinski definition) is 0. The first-order valence-electron chi connectivity index (χ1n) is 7.58. The number of esters is 1. The van der Waals surface area contributed by atoms with Crippen LogP contribution in [0.4, 0.5) is 4.79 Å². The minimum absolute atomic E-state index is 0.0427. The summed E-state index contributed by atoms with van der Waals surface area (Å²) in [7, 11) is 1.23. The summed E-state index contributed by atoms with van der Waals surface area (Å²) in [4.78, 5) is 27.0. The molecule has 2 rings (SSSR count). The van der Waals surface area contributed by atoms with Crippen molar-refractivity contribution in [3.63, 3.8) is 0 Å². The predicted octanol–water partition coefficient (Wildman–Crippen LogP) is 2.82. The summed E-state index contributed by atoms with van der Waals surface area (Å²) in [6.07, 6.45) is 2.72. The molecule has 0 bridgehead atoms. The van der Waals surface area contributed by atoms with Gasteiger partial charge in [0, 0.05) is 6.42 Å². The van der Waals surface area contributed by atoms with Crippen molar-refractivity contribution >= 4 is 12.1 Å². The Morgan fingerprint density at radius 3 is 2.58 bits per heavy atom. The van der Waals surface area contributed by atoms with E-state index in [2.05, 4.69) is 9.72 Å². The molecule has 24 heavy (non-hydrogen) atoms. The lowest BCUT2D eigenvalue weighted by Crippen LogP contribution is -2.16. The van der Waals surface area contributed by atoms with Crippen LogP contribution in [0.5, 0.6) is 0 Å². The van der Waals surface area contributed by atoms with Crippen LogP contribution in [0.2, 0.25) is 0 Å². The minimum atomic E-state index is -0.754. The molecule has 0 amide bonds. The number of rotatable bonds is 7. The fourth-order valence-corrected chi connectivity index (χ4v) is 2.18. The Kier molecular flexibility index (Phi) is 6.36. The van der Waals surface area contributed by atoms with Crippen molar-refractivity contribution in [2.45, 2.75) is 19.4 Å². The summed E-state index contributed by atoms with van der Waals surface area (Å²) in [5.74, 6) is -0.464. The van der Waals surface area contributed by atoms with Crippen LogP contribution in [0.15, 0.2) is 42.9 Å². The van der Waals surface area contributed by atoms with Crippen molar-refractivity contribution in [2.75, 3.05) is 20.3 Å². The molecule has 0 aliphatic carbocycles. The van der Waals surface area contributed by atoms with E-state index < -0.39 is 12.1 Å². The number of benzene rings is 1. The molecule has 7 nitrogen and oxygen atoms in total. The van der Waals surface area contributed by atoms with Gasteiger partial charge in [0.15, 0.2) is 0 Å². The topological polar surface area (TPSA) is 79.7 Å². The van der Waals surface area contributed by atoms with Gasteiger partial charge in [0.1, 0.15) is 5.69 Å². The molecule has 0 aliphatic heterocycles. The zero-order valence-corrected chi connectivity index (χ0v) is 13.7. The highest BCUT2D eigenvalue weighted by atomic mass is 16.7. The van der Waals surface area contributed by atoms with Crippen molar-refractivity contribution in [1.29, 1.82) is 0 Å². The second kappa shape index (κ2) is 8.71. The van der Waals surface area contributed by atoms with Gasteiger partial charge < -0.3 is 18.8 Å². The summed E-state index contributed by atoms with van der Waals surface area (Å²) in [5.41, 5.74) is 1.44. The van der Waals surface area contributed by atoms with Crippen molar-refractivity contribution in [1.82, 2.24) is 9.55 Å². The van der Waals surface area contributed by atoms with E-state index in [0.29, 0.717) is 12.1 Å². The van der Waals surface area contributed by atoms with Crippen LogP contribution in [-0.4, -0.2) is 42.0 Å². The lowest BCUT2D eigenvalue weighted by molar-refractivity contribution is 0.0419. The summed E-state index contributed by atoms with van der Waals surface area (Å²) in [5, 5.41) is 0. The molecule has 0 saturated heterocycles. The summed E-state index contributed by atoms with van der Waals surface area (Å²) >= 11 is 0. The normalized spacial score (nSPS) is 11.6. The molecule has 128 valence electrons. The monoisotopic (exact) mass is 332 g/mol. The van der Waals surface area contributed by atoms with Gasteiger partial charge in [-0.05, 0) is 12.5 Å². The molecule has 0 saturated carbocycles. The fraction of sp³-hybridized carbons (Fsp3) is 0.353. The Morgan fingerprint density at radius 2 is 1.88 bits per heavy atom. The van der Waals surface area contributed by atoms with Gasteiger partial charge in [-0.2, -0.15) is 0 Å². The molecule has 7 heteroatoms. The molecule has 1 aromatic carbocycles. The van der Waals surface area contributed by atoms with Crippen molar-refractivity contribution in [3.8, 4) is 0 Å². The third-order valence-corrected chi connectivity index (χ3v) is 3.48. The van der Waals surface area contributed by atoms with Gasteiger partial charge in [0.05, 0.1) is 38.9 Å². The predicted molar refractivity (Wildman–Crippen MR) is 85.7 cm³/mol. The number of nitrogens with zero attached hydrogens (tertiary/aromatic N) is 2. The largest absolute Gasteiger partial charge is 0.507 e. The molecule has 1 aromatic heterocycles. The smallest absolute Gasteiger partial charge is 0.461 e. The van der Waals surface area contributed by atoms with Crippen molar-refractivity contribution in [2.24, 2.45) is 0 Å². The van der Waals surface area contributed by atoms with E-state index in [1.807, 2.05) is 37.3 Å². The molecule has 0 spiro atoms. The maximum Gasteiger partial charge on any atom is 0.507 e. The van der Waals surface area contributed by atoms with Crippen LogP contribution in [0.1, 0.15) is 35.4 Å². The quantitative estimate of drug-likeness (QED) is 0.573. The summed E-state index contributed by atoms with van der Waals surface area (Å²) < 4.78 is 16.0. The maximum absolute atomic E-state index is 12.2. The van der Waals surface area contributed by atoms with E-state index in [-0.39, 0.29) is 19.3 Å². The first-order valence-corrected chi connectivity index (χ1v) is 7.58. The molecular weight excluding hydrogens is 312 g/mol. The second-order valence-electron chi connectivity index (χ2n) is 5.06. The standard InChI is InChI=1S/C17H20N2O5/c1-13(14-7-4-3-5-8-14)19-12-18-11-15(19)16(20)23-9-6-10-24-17(21)22-2/h3-5,7-8,11-13H,6,9-10H2,1-2H3/t13-/m1/s1.